The number of hydrogen-bond donors (Lipinski definition) is 2. The van der Waals surface area contributed by atoms with Crippen molar-refractivity contribution in [1.29, 1.82) is 0 Å². The first-order valence-electron chi connectivity index (χ1n) is 6.76. The van der Waals surface area contributed by atoms with Crippen molar-refractivity contribution in [2.45, 2.75) is 38.6 Å². The molecule has 19 heavy (non-hydrogen) atoms. The van der Waals surface area contributed by atoms with Gasteiger partial charge in [-0.05, 0) is 18.8 Å². The first-order valence-corrected chi connectivity index (χ1v) is 6.76. The van der Waals surface area contributed by atoms with Gasteiger partial charge in [-0.15, -0.1) is 0 Å². The summed E-state index contributed by atoms with van der Waals surface area (Å²) in [7, 11) is 1.72. The van der Waals surface area contributed by atoms with Gasteiger partial charge in [0.15, 0.2) is 0 Å². The molecule has 1 aromatic rings. The van der Waals surface area contributed by atoms with Crippen molar-refractivity contribution < 1.29 is 4.74 Å². The van der Waals surface area contributed by atoms with E-state index in [1.165, 1.54) is 12.8 Å². The highest BCUT2D eigenvalue weighted by molar-refractivity contribution is 5.60. The van der Waals surface area contributed by atoms with E-state index in [-0.39, 0.29) is 0 Å². The number of nitrogens with two attached hydrogens (primary N) is 1. The predicted molar refractivity (Wildman–Crippen MR) is 76.2 cm³/mol. The van der Waals surface area contributed by atoms with Crippen LogP contribution in [0.1, 0.15) is 38.2 Å². The van der Waals surface area contributed by atoms with Gasteiger partial charge in [-0.25, -0.2) is 15.8 Å². The number of ether oxygens (including phenoxy) is 1. The Morgan fingerprint density at radius 2 is 2.21 bits per heavy atom. The molecule has 3 N–H and O–H groups in total. The van der Waals surface area contributed by atoms with Crippen LogP contribution in [0.3, 0.4) is 0 Å². The van der Waals surface area contributed by atoms with E-state index in [4.69, 9.17) is 10.6 Å². The van der Waals surface area contributed by atoms with Crippen LogP contribution in [0.25, 0.3) is 0 Å². The van der Waals surface area contributed by atoms with Gasteiger partial charge in [0.05, 0.1) is 6.61 Å². The van der Waals surface area contributed by atoms with Crippen LogP contribution in [0, 0.1) is 0 Å². The fraction of sp³-hybridized carbons (Fsp3) is 0.692. The van der Waals surface area contributed by atoms with E-state index in [1.807, 2.05) is 0 Å². The SMILES string of the molecule is COCCN(c1ncnc(NN)c1C(C)C)C1CC1. The van der Waals surface area contributed by atoms with E-state index < -0.39 is 0 Å². The number of nitrogens with one attached hydrogen (secondary N) is 1. The van der Waals surface area contributed by atoms with Gasteiger partial charge in [-0.3, -0.25) is 0 Å². The maximum Gasteiger partial charge on any atom is 0.148 e. The van der Waals surface area contributed by atoms with Crippen LogP contribution in [-0.2, 0) is 4.74 Å². The van der Waals surface area contributed by atoms with Gasteiger partial charge in [-0.2, -0.15) is 0 Å². The third kappa shape index (κ3) is 3.13. The van der Waals surface area contributed by atoms with Crippen molar-refractivity contribution in [1.82, 2.24) is 9.97 Å². The highest BCUT2D eigenvalue weighted by atomic mass is 16.5. The average Bonchev–Trinajstić information content (AvgIpc) is 3.23. The topological polar surface area (TPSA) is 76.3 Å². The Morgan fingerprint density at radius 3 is 2.74 bits per heavy atom. The zero-order chi connectivity index (χ0) is 13.8. The summed E-state index contributed by atoms with van der Waals surface area (Å²) in [4.78, 5) is 11.0. The number of hydrogen-bond acceptors (Lipinski definition) is 6. The van der Waals surface area contributed by atoms with E-state index >= 15 is 0 Å². The smallest absolute Gasteiger partial charge is 0.148 e. The molecule has 0 bridgehead atoms. The summed E-state index contributed by atoms with van der Waals surface area (Å²) < 4.78 is 5.20. The van der Waals surface area contributed by atoms with Crippen LogP contribution >= 0.6 is 0 Å². The highest BCUT2D eigenvalue weighted by Crippen LogP contribution is 2.36. The second-order valence-electron chi connectivity index (χ2n) is 5.18. The normalized spacial score (nSPS) is 14.8. The van der Waals surface area contributed by atoms with Gasteiger partial charge in [0.1, 0.15) is 18.0 Å². The van der Waals surface area contributed by atoms with Gasteiger partial charge in [-0.1, -0.05) is 13.8 Å². The third-order valence-corrected chi connectivity index (χ3v) is 3.37. The second-order valence-corrected chi connectivity index (χ2v) is 5.18. The Kier molecular flexibility index (Phi) is 4.55. The number of anilines is 2. The minimum atomic E-state index is 0.311. The molecule has 1 fully saturated rings. The summed E-state index contributed by atoms with van der Waals surface area (Å²) in [6.45, 7) is 5.81. The molecule has 6 heteroatoms. The molecule has 1 saturated carbocycles. The molecule has 1 aliphatic carbocycles. The van der Waals surface area contributed by atoms with E-state index in [2.05, 4.69) is 34.1 Å². The van der Waals surface area contributed by atoms with Crippen molar-refractivity contribution in [3.63, 3.8) is 0 Å². The molecule has 106 valence electrons. The van der Waals surface area contributed by atoms with Gasteiger partial charge < -0.3 is 15.1 Å². The fourth-order valence-electron chi connectivity index (χ4n) is 2.30. The summed E-state index contributed by atoms with van der Waals surface area (Å²) >= 11 is 0. The van der Waals surface area contributed by atoms with Crippen molar-refractivity contribution in [2.75, 3.05) is 30.6 Å². The average molecular weight is 265 g/mol. The lowest BCUT2D eigenvalue weighted by molar-refractivity contribution is 0.204. The van der Waals surface area contributed by atoms with Crippen molar-refractivity contribution >= 4 is 11.6 Å². The van der Waals surface area contributed by atoms with Gasteiger partial charge in [0.25, 0.3) is 0 Å². The molecule has 0 aromatic carbocycles. The molecule has 0 spiro atoms. The fourth-order valence-corrected chi connectivity index (χ4v) is 2.30. The number of aromatic nitrogens is 2. The van der Waals surface area contributed by atoms with E-state index in [1.54, 1.807) is 13.4 Å². The lowest BCUT2D eigenvalue weighted by Crippen LogP contribution is -2.32. The molecule has 0 unspecified atom stereocenters. The Bertz CT molecular complexity index is 419. The molecular formula is C13H23N5O. The van der Waals surface area contributed by atoms with Crippen LogP contribution in [-0.4, -0.2) is 36.3 Å². The standard InChI is InChI=1S/C13H23N5O/c1-9(2)11-12(17-14)15-8-16-13(11)18(6-7-19-3)10-4-5-10/h8-10H,4-7,14H2,1-3H3,(H,15,16,17). The Hall–Kier alpha value is -1.40. The summed E-state index contributed by atoms with van der Waals surface area (Å²) in [6.07, 6.45) is 4.01. The van der Waals surface area contributed by atoms with Gasteiger partial charge >= 0.3 is 0 Å². The van der Waals surface area contributed by atoms with Crippen LogP contribution in [0.15, 0.2) is 6.33 Å². The summed E-state index contributed by atoms with van der Waals surface area (Å²) in [5.41, 5.74) is 3.76. The molecule has 0 atom stereocenters. The molecule has 6 nitrogen and oxygen atoms in total. The Labute approximate surface area is 114 Å². The monoisotopic (exact) mass is 265 g/mol. The number of nitrogens with zero attached hydrogens (tertiary/aromatic N) is 3. The summed E-state index contributed by atoms with van der Waals surface area (Å²) in [5.74, 6) is 7.57. The Morgan fingerprint density at radius 1 is 1.47 bits per heavy atom. The minimum Gasteiger partial charge on any atom is -0.383 e. The second kappa shape index (κ2) is 6.16. The molecule has 0 aliphatic heterocycles. The molecule has 0 amide bonds. The Balaban J connectivity index is 2.34. The van der Waals surface area contributed by atoms with E-state index in [9.17, 15) is 0 Å². The van der Waals surface area contributed by atoms with E-state index in [0.29, 0.717) is 24.4 Å². The molecule has 0 radical (unpaired) electrons. The zero-order valence-electron chi connectivity index (χ0n) is 11.9. The summed E-state index contributed by atoms with van der Waals surface area (Å²) in [5, 5.41) is 0. The lowest BCUT2D eigenvalue weighted by atomic mass is 10.0. The molecule has 2 rings (SSSR count). The summed E-state index contributed by atoms with van der Waals surface area (Å²) in [6, 6.07) is 0.577. The number of methoxy groups -OCH3 is 1. The van der Waals surface area contributed by atoms with Gasteiger partial charge in [0, 0.05) is 25.3 Å². The molecule has 1 aromatic heterocycles. The van der Waals surface area contributed by atoms with E-state index in [0.717, 1.165) is 17.9 Å². The molecule has 0 saturated heterocycles. The molecule has 1 heterocycles. The predicted octanol–water partition coefficient (Wildman–Crippen LogP) is 1.50. The van der Waals surface area contributed by atoms with Crippen molar-refractivity contribution in [3.8, 4) is 0 Å². The largest absolute Gasteiger partial charge is 0.383 e. The minimum absolute atomic E-state index is 0.311. The number of nitrogen functional groups attached to an aromatic ring is 1. The highest BCUT2D eigenvalue weighted by Gasteiger charge is 2.32. The number of rotatable bonds is 7. The van der Waals surface area contributed by atoms with Crippen LogP contribution in [0.5, 0.6) is 0 Å². The van der Waals surface area contributed by atoms with Crippen LogP contribution < -0.4 is 16.2 Å². The quantitative estimate of drug-likeness (QED) is 0.575. The first kappa shape index (κ1) is 14.0. The zero-order valence-corrected chi connectivity index (χ0v) is 11.9. The van der Waals surface area contributed by atoms with Crippen LogP contribution in [0.2, 0.25) is 0 Å². The maximum atomic E-state index is 5.57. The van der Waals surface area contributed by atoms with Crippen molar-refractivity contribution in [3.05, 3.63) is 11.9 Å². The van der Waals surface area contributed by atoms with Crippen LogP contribution in [0.4, 0.5) is 11.6 Å². The number of hydrazine groups is 1. The molecule has 1 aliphatic rings. The van der Waals surface area contributed by atoms with Gasteiger partial charge in [0.2, 0.25) is 0 Å². The van der Waals surface area contributed by atoms with Crippen molar-refractivity contribution in [2.24, 2.45) is 5.84 Å². The third-order valence-electron chi connectivity index (χ3n) is 3.37. The lowest BCUT2D eigenvalue weighted by Gasteiger charge is -2.27. The maximum absolute atomic E-state index is 5.57. The molecular weight excluding hydrogens is 242 g/mol. The first-order chi connectivity index (χ1) is 9.19.